The molecule has 0 aromatic carbocycles. The van der Waals surface area contributed by atoms with Crippen LogP contribution in [0, 0.1) is 0 Å². The van der Waals surface area contributed by atoms with Crippen LogP contribution in [0.2, 0.25) is 0 Å². The Balaban J connectivity index is 2.22. The smallest absolute Gasteiger partial charge is 0.177 e. The summed E-state index contributed by atoms with van der Waals surface area (Å²) in [5, 5.41) is 0. The topological polar surface area (TPSA) is 33.2 Å². The van der Waals surface area contributed by atoms with E-state index in [1.165, 1.54) is 6.08 Å². The molecule has 0 saturated carbocycles. The average Bonchev–Trinajstić information content (AvgIpc) is 2.78. The van der Waals surface area contributed by atoms with Crippen molar-refractivity contribution >= 4 is 11.6 Å². The standard InChI is InChI=1S/C12H14N2O/c1-2-11(15)10-6-5-9-14(10)12-7-3-4-8-13-12/h2-4,7-8,10H,1,5-6,9H2. The molecule has 1 aromatic heterocycles. The first-order chi connectivity index (χ1) is 7.33. The van der Waals surface area contributed by atoms with Crippen molar-refractivity contribution in [3.63, 3.8) is 0 Å². The van der Waals surface area contributed by atoms with Crippen LogP contribution >= 0.6 is 0 Å². The van der Waals surface area contributed by atoms with Crippen molar-refractivity contribution in [3.8, 4) is 0 Å². The van der Waals surface area contributed by atoms with E-state index in [0.717, 1.165) is 25.2 Å². The van der Waals surface area contributed by atoms with Gasteiger partial charge in [0.25, 0.3) is 0 Å². The summed E-state index contributed by atoms with van der Waals surface area (Å²) in [5.41, 5.74) is 0. The predicted octanol–water partition coefficient (Wildman–Crippen LogP) is 1.81. The van der Waals surface area contributed by atoms with Crippen LogP contribution in [0.4, 0.5) is 5.82 Å². The maximum absolute atomic E-state index is 11.6. The van der Waals surface area contributed by atoms with E-state index in [9.17, 15) is 4.79 Å². The molecule has 1 fully saturated rings. The summed E-state index contributed by atoms with van der Waals surface area (Å²) in [6.07, 6.45) is 5.11. The molecular formula is C12H14N2O. The Labute approximate surface area is 89.4 Å². The first-order valence-corrected chi connectivity index (χ1v) is 5.17. The van der Waals surface area contributed by atoms with Gasteiger partial charge < -0.3 is 4.90 Å². The lowest BCUT2D eigenvalue weighted by Crippen LogP contribution is -2.35. The van der Waals surface area contributed by atoms with Gasteiger partial charge in [0.1, 0.15) is 5.82 Å². The normalized spacial score (nSPS) is 20.3. The molecule has 1 aliphatic heterocycles. The third-order valence-corrected chi connectivity index (χ3v) is 2.73. The highest BCUT2D eigenvalue weighted by molar-refractivity contribution is 5.96. The number of carbonyl (C=O) groups is 1. The van der Waals surface area contributed by atoms with Gasteiger partial charge in [-0.3, -0.25) is 4.79 Å². The molecule has 0 N–H and O–H groups in total. The molecule has 0 aliphatic carbocycles. The quantitative estimate of drug-likeness (QED) is 0.701. The lowest BCUT2D eigenvalue weighted by molar-refractivity contribution is -0.115. The second-order valence-corrected chi connectivity index (χ2v) is 3.65. The number of carbonyl (C=O) groups excluding carboxylic acids is 1. The molecule has 1 atom stereocenters. The summed E-state index contributed by atoms with van der Waals surface area (Å²) in [7, 11) is 0. The van der Waals surface area contributed by atoms with Crippen molar-refractivity contribution in [1.82, 2.24) is 4.98 Å². The molecule has 3 heteroatoms. The van der Waals surface area contributed by atoms with Gasteiger partial charge in [-0.2, -0.15) is 0 Å². The molecule has 1 unspecified atom stereocenters. The highest BCUT2D eigenvalue weighted by Gasteiger charge is 2.29. The number of pyridine rings is 1. The van der Waals surface area contributed by atoms with Crippen molar-refractivity contribution in [2.75, 3.05) is 11.4 Å². The zero-order valence-corrected chi connectivity index (χ0v) is 8.60. The molecule has 0 radical (unpaired) electrons. The van der Waals surface area contributed by atoms with E-state index in [0.29, 0.717) is 0 Å². The fourth-order valence-electron chi connectivity index (χ4n) is 2.00. The third-order valence-electron chi connectivity index (χ3n) is 2.73. The number of nitrogens with zero attached hydrogens (tertiary/aromatic N) is 2. The molecule has 0 bridgehead atoms. The second-order valence-electron chi connectivity index (χ2n) is 3.65. The van der Waals surface area contributed by atoms with Gasteiger partial charge >= 0.3 is 0 Å². The number of hydrogen-bond donors (Lipinski definition) is 0. The first kappa shape index (κ1) is 9.90. The van der Waals surface area contributed by atoms with Crippen LogP contribution in [0.3, 0.4) is 0 Å². The minimum Gasteiger partial charge on any atom is -0.346 e. The molecule has 1 saturated heterocycles. The van der Waals surface area contributed by atoms with Crippen LogP contribution in [0.1, 0.15) is 12.8 Å². The number of hydrogen-bond acceptors (Lipinski definition) is 3. The Bertz CT molecular complexity index is 361. The maximum Gasteiger partial charge on any atom is 0.177 e. The summed E-state index contributed by atoms with van der Waals surface area (Å²) < 4.78 is 0. The van der Waals surface area contributed by atoms with Gasteiger partial charge in [0, 0.05) is 12.7 Å². The lowest BCUT2D eigenvalue weighted by Gasteiger charge is -2.23. The summed E-state index contributed by atoms with van der Waals surface area (Å²) in [5.74, 6) is 0.980. The van der Waals surface area contributed by atoms with Crippen molar-refractivity contribution in [2.24, 2.45) is 0 Å². The van der Waals surface area contributed by atoms with Crippen molar-refractivity contribution in [1.29, 1.82) is 0 Å². The fourth-order valence-corrected chi connectivity index (χ4v) is 2.00. The SMILES string of the molecule is C=CC(=O)C1CCCN1c1ccccn1. The molecule has 78 valence electrons. The van der Waals surface area contributed by atoms with E-state index in [4.69, 9.17) is 0 Å². The van der Waals surface area contributed by atoms with Crippen LogP contribution in [0.5, 0.6) is 0 Å². The number of ketones is 1. The van der Waals surface area contributed by atoms with E-state index in [2.05, 4.69) is 16.5 Å². The molecule has 3 nitrogen and oxygen atoms in total. The second kappa shape index (κ2) is 4.26. The zero-order valence-electron chi connectivity index (χ0n) is 8.60. The number of anilines is 1. The highest BCUT2D eigenvalue weighted by Crippen LogP contribution is 2.23. The fraction of sp³-hybridized carbons (Fsp3) is 0.333. The first-order valence-electron chi connectivity index (χ1n) is 5.17. The molecule has 1 aromatic rings. The van der Waals surface area contributed by atoms with Crippen LogP contribution in [-0.2, 0) is 4.79 Å². The van der Waals surface area contributed by atoms with E-state index in [-0.39, 0.29) is 11.8 Å². The van der Waals surface area contributed by atoms with E-state index in [1.807, 2.05) is 18.2 Å². The van der Waals surface area contributed by atoms with Crippen LogP contribution in [0.25, 0.3) is 0 Å². The molecule has 15 heavy (non-hydrogen) atoms. The molecule has 2 rings (SSSR count). The van der Waals surface area contributed by atoms with Gasteiger partial charge in [-0.1, -0.05) is 12.6 Å². The third kappa shape index (κ3) is 1.91. The van der Waals surface area contributed by atoms with E-state index >= 15 is 0 Å². The summed E-state index contributed by atoms with van der Waals surface area (Å²) in [4.78, 5) is 17.9. The Morgan fingerprint density at radius 2 is 2.47 bits per heavy atom. The molecule has 2 heterocycles. The van der Waals surface area contributed by atoms with Crippen LogP contribution in [0.15, 0.2) is 37.1 Å². The highest BCUT2D eigenvalue weighted by atomic mass is 16.1. The monoisotopic (exact) mass is 202 g/mol. The van der Waals surface area contributed by atoms with E-state index < -0.39 is 0 Å². The number of aromatic nitrogens is 1. The molecular weight excluding hydrogens is 188 g/mol. The Morgan fingerprint density at radius 1 is 1.60 bits per heavy atom. The van der Waals surface area contributed by atoms with Crippen molar-refractivity contribution < 1.29 is 4.79 Å². The van der Waals surface area contributed by atoms with Crippen molar-refractivity contribution in [2.45, 2.75) is 18.9 Å². The Hall–Kier alpha value is -1.64. The number of rotatable bonds is 3. The minimum atomic E-state index is -0.0580. The Morgan fingerprint density at radius 3 is 3.13 bits per heavy atom. The van der Waals surface area contributed by atoms with Gasteiger partial charge in [0.05, 0.1) is 6.04 Å². The average molecular weight is 202 g/mol. The van der Waals surface area contributed by atoms with Crippen LogP contribution in [-0.4, -0.2) is 23.4 Å². The Kier molecular flexibility index (Phi) is 2.81. The van der Waals surface area contributed by atoms with E-state index in [1.54, 1.807) is 6.20 Å². The van der Waals surface area contributed by atoms with Gasteiger partial charge in [-0.05, 0) is 31.1 Å². The predicted molar refractivity (Wildman–Crippen MR) is 59.8 cm³/mol. The molecule has 0 amide bonds. The van der Waals surface area contributed by atoms with Crippen molar-refractivity contribution in [3.05, 3.63) is 37.1 Å². The van der Waals surface area contributed by atoms with Gasteiger partial charge in [-0.15, -0.1) is 0 Å². The maximum atomic E-state index is 11.6. The van der Waals surface area contributed by atoms with Crippen LogP contribution < -0.4 is 4.90 Å². The summed E-state index contributed by atoms with van der Waals surface area (Å²) >= 11 is 0. The molecule has 0 spiro atoms. The van der Waals surface area contributed by atoms with Gasteiger partial charge in [-0.25, -0.2) is 4.98 Å². The van der Waals surface area contributed by atoms with Gasteiger partial charge in [0.15, 0.2) is 5.78 Å². The largest absolute Gasteiger partial charge is 0.346 e. The summed E-state index contributed by atoms with van der Waals surface area (Å²) in [6, 6.07) is 5.70. The lowest BCUT2D eigenvalue weighted by atomic mass is 10.1. The summed E-state index contributed by atoms with van der Waals surface area (Å²) in [6.45, 7) is 4.44. The minimum absolute atomic E-state index is 0.0580. The van der Waals surface area contributed by atoms with Gasteiger partial charge in [0.2, 0.25) is 0 Å². The zero-order chi connectivity index (χ0) is 10.7. The molecule has 1 aliphatic rings.